The normalized spacial score (nSPS) is 15.6. The van der Waals surface area contributed by atoms with Gasteiger partial charge in [0.25, 0.3) is 5.91 Å². The van der Waals surface area contributed by atoms with Crippen LogP contribution in [0.2, 0.25) is 0 Å². The molecule has 5 heteroatoms. The number of hydrogen-bond acceptors (Lipinski definition) is 3. The Morgan fingerprint density at radius 1 is 1.59 bits per heavy atom. The van der Waals surface area contributed by atoms with Gasteiger partial charge < -0.3 is 10.0 Å². The summed E-state index contributed by atoms with van der Waals surface area (Å²) < 4.78 is 0.876. The van der Waals surface area contributed by atoms with Crippen LogP contribution in [0, 0.1) is 0 Å². The van der Waals surface area contributed by atoms with E-state index in [9.17, 15) is 4.79 Å². The lowest BCUT2D eigenvalue weighted by atomic mass is 9.91. The molecule has 94 valence electrons. The topological polar surface area (TPSA) is 40.5 Å². The van der Waals surface area contributed by atoms with E-state index in [1.165, 1.54) is 17.8 Å². The zero-order valence-corrected chi connectivity index (χ0v) is 12.0. The molecular weight excluding hydrogens is 302 g/mol. The van der Waals surface area contributed by atoms with Gasteiger partial charge in [0, 0.05) is 23.7 Å². The van der Waals surface area contributed by atoms with Crippen molar-refractivity contribution in [1.29, 1.82) is 0 Å². The van der Waals surface area contributed by atoms with Crippen molar-refractivity contribution in [3.63, 3.8) is 0 Å². The summed E-state index contributed by atoms with van der Waals surface area (Å²) in [5.41, 5.74) is 0. The fourth-order valence-corrected chi connectivity index (χ4v) is 3.46. The first-order chi connectivity index (χ1) is 8.24. The number of amides is 1. The number of rotatable bonds is 5. The number of aliphatic hydroxyl groups excluding tert-OH is 1. The van der Waals surface area contributed by atoms with Gasteiger partial charge >= 0.3 is 0 Å². The van der Waals surface area contributed by atoms with Gasteiger partial charge in [0.1, 0.15) is 4.88 Å². The van der Waals surface area contributed by atoms with Crippen molar-refractivity contribution < 1.29 is 9.90 Å². The second-order valence-electron chi connectivity index (χ2n) is 4.26. The smallest absolute Gasteiger partial charge is 0.265 e. The third-order valence-electron chi connectivity index (χ3n) is 3.14. The number of aliphatic hydroxyl groups is 1. The first-order valence-electron chi connectivity index (χ1n) is 5.89. The minimum absolute atomic E-state index is 0.102. The molecule has 1 aliphatic carbocycles. The zero-order valence-electron chi connectivity index (χ0n) is 9.56. The summed E-state index contributed by atoms with van der Waals surface area (Å²) in [5.74, 6) is 0.102. The highest BCUT2D eigenvalue weighted by molar-refractivity contribution is 9.10. The molecule has 1 fully saturated rings. The fourth-order valence-electron chi connectivity index (χ4n) is 1.97. The lowest BCUT2D eigenvalue weighted by molar-refractivity contribution is 0.0566. The Morgan fingerprint density at radius 3 is 2.82 bits per heavy atom. The number of hydrogen-bond donors (Lipinski definition) is 1. The van der Waals surface area contributed by atoms with Gasteiger partial charge in [-0.1, -0.05) is 0 Å². The van der Waals surface area contributed by atoms with Crippen LogP contribution in [-0.4, -0.2) is 35.1 Å². The SMILES string of the molecule is O=C(c1sccc1Br)N(CCCO)C1CCC1. The molecule has 1 aromatic rings. The minimum Gasteiger partial charge on any atom is -0.396 e. The second kappa shape index (κ2) is 5.98. The van der Waals surface area contributed by atoms with Crippen LogP contribution < -0.4 is 0 Å². The van der Waals surface area contributed by atoms with E-state index in [0.717, 1.165) is 22.2 Å². The van der Waals surface area contributed by atoms with Crippen LogP contribution in [0.5, 0.6) is 0 Å². The first-order valence-corrected chi connectivity index (χ1v) is 7.56. The van der Waals surface area contributed by atoms with Crippen LogP contribution in [0.4, 0.5) is 0 Å². The minimum atomic E-state index is 0.102. The standard InChI is InChI=1S/C12H16BrNO2S/c13-10-5-8-17-11(10)12(16)14(6-2-7-15)9-3-1-4-9/h5,8-9,15H,1-4,6-7H2. The van der Waals surface area contributed by atoms with Gasteiger partial charge in [-0.05, 0) is 53.1 Å². The van der Waals surface area contributed by atoms with Gasteiger partial charge in [-0.25, -0.2) is 0 Å². The maximum absolute atomic E-state index is 12.4. The van der Waals surface area contributed by atoms with E-state index in [1.807, 2.05) is 16.3 Å². The maximum Gasteiger partial charge on any atom is 0.265 e. The van der Waals surface area contributed by atoms with Gasteiger partial charge in [0.2, 0.25) is 0 Å². The molecule has 3 nitrogen and oxygen atoms in total. The number of thiophene rings is 1. The molecule has 0 spiro atoms. The number of carbonyl (C=O) groups excluding carboxylic acids is 1. The fraction of sp³-hybridized carbons (Fsp3) is 0.583. The Balaban J connectivity index is 2.09. The molecular formula is C12H16BrNO2S. The number of nitrogens with zero attached hydrogens (tertiary/aromatic N) is 1. The van der Waals surface area contributed by atoms with Crippen LogP contribution in [0.3, 0.4) is 0 Å². The molecule has 1 saturated carbocycles. The van der Waals surface area contributed by atoms with E-state index in [1.54, 1.807) is 0 Å². The molecule has 0 bridgehead atoms. The summed E-state index contributed by atoms with van der Waals surface area (Å²) in [6, 6.07) is 2.28. The second-order valence-corrected chi connectivity index (χ2v) is 6.03. The highest BCUT2D eigenvalue weighted by Gasteiger charge is 2.30. The first kappa shape index (κ1) is 13.1. The quantitative estimate of drug-likeness (QED) is 0.907. The van der Waals surface area contributed by atoms with Crippen molar-refractivity contribution >= 4 is 33.2 Å². The Bertz CT molecular complexity index is 390. The van der Waals surface area contributed by atoms with Crippen LogP contribution in [0.25, 0.3) is 0 Å². The van der Waals surface area contributed by atoms with Crippen LogP contribution >= 0.6 is 27.3 Å². The third kappa shape index (κ3) is 2.89. The molecule has 1 heterocycles. The van der Waals surface area contributed by atoms with Gasteiger partial charge in [0.05, 0.1) is 0 Å². The van der Waals surface area contributed by atoms with Gasteiger partial charge in [-0.15, -0.1) is 11.3 Å². The molecule has 1 aliphatic rings. The Hall–Kier alpha value is -0.390. The largest absolute Gasteiger partial charge is 0.396 e. The van der Waals surface area contributed by atoms with Crippen molar-refractivity contribution in [2.45, 2.75) is 31.7 Å². The van der Waals surface area contributed by atoms with Crippen molar-refractivity contribution in [2.24, 2.45) is 0 Å². The molecule has 2 rings (SSSR count). The van der Waals surface area contributed by atoms with Crippen LogP contribution in [0.1, 0.15) is 35.4 Å². The molecule has 0 radical (unpaired) electrons. The van der Waals surface area contributed by atoms with Crippen molar-refractivity contribution in [2.75, 3.05) is 13.2 Å². The maximum atomic E-state index is 12.4. The highest BCUT2D eigenvalue weighted by Crippen LogP contribution is 2.30. The summed E-state index contributed by atoms with van der Waals surface area (Å²) in [4.78, 5) is 15.1. The summed E-state index contributed by atoms with van der Waals surface area (Å²) in [6.07, 6.45) is 4.06. The monoisotopic (exact) mass is 317 g/mol. The van der Waals surface area contributed by atoms with Crippen LogP contribution in [0.15, 0.2) is 15.9 Å². The number of carbonyl (C=O) groups is 1. The van der Waals surface area contributed by atoms with E-state index in [0.29, 0.717) is 19.0 Å². The molecule has 0 aliphatic heterocycles. The van der Waals surface area contributed by atoms with Crippen molar-refractivity contribution in [3.8, 4) is 0 Å². The Labute approximate surface area is 114 Å². The van der Waals surface area contributed by atoms with Crippen molar-refractivity contribution in [3.05, 3.63) is 20.8 Å². The molecule has 0 aromatic carbocycles. The average Bonchev–Trinajstić information content (AvgIpc) is 2.67. The van der Waals surface area contributed by atoms with Crippen molar-refractivity contribution in [1.82, 2.24) is 4.90 Å². The molecule has 17 heavy (non-hydrogen) atoms. The van der Waals surface area contributed by atoms with Gasteiger partial charge in [-0.2, -0.15) is 0 Å². The zero-order chi connectivity index (χ0) is 12.3. The molecule has 0 unspecified atom stereocenters. The summed E-state index contributed by atoms with van der Waals surface area (Å²) in [6.45, 7) is 0.798. The summed E-state index contributed by atoms with van der Waals surface area (Å²) >= 11 is 4.88. The van der Waals surface area contributed by atoms with E-state index in [4.69, 9.17) is 5.11 Å². The van der Waals surface area contributed by atoms with E-state index in [2.05, 4.69) is 15.9 Å². The molecule has 0 saturated heterocycles. The molecule has 1 aromatic heterocycles. The molecule has 1 amide bonds. The lowest BCUT2D eigenvalue weighted by Crippen LogP contribution is -2.44. The number of halogens is 1. The van der Waals surface area contributed by atoms with Gasteiger partial charge in [0.15, 0.2) is 0 Å². The van der Waals surface area contributed by atoms with Gasteiger partial charge in [-0.3, -0.25) is 4.79 Å². The third-order valence-corrected chi connectivity index (χ3v) is 4.97. The molecule has 0 atom stereocenters. The summed E-state index contributed by atoms with van der Waals surface area (Å²) in [7, 11) is 0. The molecule has 1 N–H and O–H groups in total. The average molecular weight is 318 g/mol. The van der Waals surface area contributed by atoms with Crippen LogP contribution in [-0.2, 0) is 0 Å². The Kier molecular flexibility index (Phi) is 4.59. The van der Waals surface area contributed by atoms with E-state index in [-0.39, 0.29) is 12.5 Å². The predicted octanol–water partition coefficient (Wildman–Crippen LogP) is 2.89. The highest BCUT2D eigenvalue weighted by atomic mass is 79.9. The Morgan fingerprint density at radius 2 is 2.35 bits per heavy atom. The predicted molar refractivity (Wildman–Crippen MR) is 72.4 cm³/mol. The summed E-state index contributed by atoms with van der Waals surface area (Å²) in [5, 5.41) is 10.8. The van der Waals surface area contributed by atoms with E-state index < -0.39 is 0 Å². The lowest BCUT2D eigenvalue weighted by Gasteiger charge is -2.37. The van der Waals surface area contributed by atoms with E-state index >= 15 is 0 Å².